The minimum absolute atomic E-state index is 0. The molecule has 0 radical (unpaired) electrons. The third-order valence-electron chi connectivity index (χ3n) is 2.81. The van der Waals surface area contributed by atoms with Gasteiger partial charge in [0.05, 0.1) is 13.3 Å². The van der Waals surface area contributed by atoms with Crippen molar-refractivity contribution in [2.75, 3.05) is 11.0 Å². The number of hydrogen-bond acceptors (Lipinski definition) is 3. The number of aliphatic hydroxyl groups excluding tert-OH is 1. The van der Waals surface area contributed by atoms with Crippen LogP contribution < -0.4 is 21.7 Å². The van der Waals surface area contributed by atoms with Crippen LogP contribution in [0.1, 0.15) is 11.7 Å². The molecule has 0 aliphatic carbocycles. The number of sulfonamides is 1. The van der Waals surface area contributed by atoms with Crippen molar-refractivity contribution in [2.45, 2.75) is 12.6 Å². The number of aliphatic hydroxyl groups is 1. The molecular formula is C13H18ClN3O3S. The lowest BCUT2D eigenvalue weighted by molar-refractivity contribution is -0.671. The van der Waals surface area contributed by atoms with E-state index in [-0.39, 0.29) is 12.4 Å². The van der Waals surface area contributed by atoms with Crippen LogP contribution in [0, 0.1) is 0 Å². The summed E-state index contributed by atoms with van der Waals surface area (Å²) in [5.41, 5.74) is 1.22. The fraction of sp³-hybridized carbons (Fsp3) is 0.308. The first-order valence-electron chi connectivity index (χ1n) is 6.10. The first kappa shape index (κ1) is 17.5. The lowest BCUT2D eigenvalue weighted by Crippen LogP contribution is -3.00. The molecule has 0 fully saturated rings. The smallest absolute Gasteiger partial charge is 0.243 e. The molecule has 2 aromatic rings. The van der Waals surface area contributed by atoms with Gasteiger partial charge in [0, 0.05) is 5.69 Å². The molecule has 6 nitrogen and oxygen atoms in total. The number of imidazole rings is 1. The van der Waals surface area contributed by atoms with Crippen molar-refractivity contribution in [1.29, 1.82) is 0 Å². The zero-order valence-electron chi connectivity index (χ0n) is 11.8. The highest BCUT2D eigenvalue weighted by molar-refractivity contribution is 7.92. The Balaban J connectivity index is 0.00000220. The standard InChI is InChI=1S/C13H18N3O3S.ClH/c1-15-7-8-16(10-15)9-13(17)11-3-5-12(6-4-11)14-20(2,18)19;/h3-8,10,13-14,17H,9H2,1-2H3;1H/q+1;/p-1/t13-;/m1./s1. The lowest BCUT2D eigenvalue weighted by atomic mass is 10.1. The van der Waals surface area contributed by atoms with E-state index in [4.69, 9.17) is 0 Å². The van der Waals surface area contributed by atoms with Crippen LogP contribution in [-0.4, -0.2) is 24.3 Å². The van der Waals surface area contributed by atoms with Crippen molar-refractivity contribution in [2.24, 2.45) is 7.05 Å². The summed E-state index contributed by atoms with van der Waals surface area (Å²) >= 11 is 0. The van der Waals surface area contributed by atoms with Gasteiger partial charge in [-0.15, -0.1) is 0 Å². The minimum atomic E-state index is -3.28. The highest BCUT2D eigenvalue weighted by Crippen LogP contribution is 2.18. The summed E-state index contributed by atoms with van der Waals surface area (Å²) < 4.78 is 28.4. The van der Waals surface area contributed by atoms with Crippen LogP contribution in [0.5, 0.6) is 0 Å². The second-order valence-corrected chi connectivity index (χ2v) is 6.54. The predicted octanol–water partition coefficient (Wildman–Crippen LogP) is -2.58. The third-order valence-corrected chi connectivity index (χ3v) is 3.41. The molecule has 2 rings (SSSR count). The van der Waals surface area contributed by atoms with Gasteiger partial charge in [-0.1, -0.05) is 12.1 Å². The molecule has 0 aliphatic rings. The van der Waals surface area contributed by atoms with Gasteiger partial charge in [0.2, 0.25) is 16.4 Å². The van der Waals surface area contributed by atoms with E-state index >= 15 is 0 Å². The molecule has 116 valence electrons. The van der Waals surface area contributed by atoms with Crippen molar-refractivity contribution in [1.82, 2.24) is 4.57 Å². The molecule has 0 aliphatic heterocycles. The molecule has 1 aromatic heterocycles. The van der Waals surface area contributed by atoms with Gasteiger partial charge >= 0.3 is 0 Å². The van der Waals surface area contributed by atoms with Gasteiger partial charge in [0.1, 0.15) is 25.0 Å². The average Bonchev–Trinajstić information content (AvgIpc) is 2.73. The van der Waals surface area contributed by atoms with E-state index in [0.29, 0.717) is 12.2 Å². The highest BCUT2D eigenvalue weighted by atomic mass is 35.5. The topological polar surface area (TPSA) is 75.2 Å². The van der Waals surface area contributed by atoms with Gasteiger partial charge in [-0.2, -0.15) is 0 Å². The number of halogens is 1. The average molecular weight is 332 g/mol. The molecule has 21 heavy (non-hydrogen) atoms. The molecule has 0 amide bonds. The van der Waals surface area contributed by atoms with E-state index in [2.05, 4.69) is 4.72 Å². The Hall–Kier alpha value is -1.57. The van der Waals surface area contributed by atoms with Crippen molar-refractivity contribution in [3.8, 4) is 0 Å². The molecule has 0 bridgehead atoms. The minimum Gasteiger partial charge on any atom is -1.00 e. The van der Waals surface area contributed by atoms with Crippen molar-refractivity contribution >= 4 is 15.7 Å². The molecule has 0 unspecified atom stereocenters. The number of rotatable bonds is 5. The number of aryl methyl sites for hydroxylation is 1. The van der Waals surface area contributed by atoms with Gasteiger partial charge in [0.15, 0.2) is 0 Å². The van der Waals surface area contributed by atoms with Crippen LogP contribution in [0.15, 0.2) is 43.0 Å². The van der Waals surface area contributed by atoms with Crippen molar-refractivity contribution < 1.29 is 30.5 Å². The van der Waals surface area contributed by atoms with E-state index in [1.54, 1.807) is 24.3 Å². The summed E-state index contributed by atoms with van der Waals surface area (Å²) in [6.07, 6.45) is 6.11. The lowest BCUT2D eigenvalue weighted by Gasteiger charge is -2.10. The molecule has 8 heteroatoms. The first-order valence-corrected chi connectivity index (χ1v) is 7.99. The first-order chi connectivity index (χ1) is 9.33. The Morgan fingerprint density at radius 1 is 1.33 bits per heavy atom. The predicted molar refractivity (Wildman–Crippen MR) is 75.5 cm³/mol. The van der Waals surface area contributed by atoms with Crippen LogP contribution in [0.3, 0.4) is 0 Å². The maximum atomic E-state index is 11.1. The summed E-state index contributed by atoms with van der Waals surface area (Å²) in [4.78, 5) is 0. The van der Waals surface area contributed by atoms with E-state index < -0.39 is 16.1 Å². The van der Waals surface area contributed by atoms with Crippen LogP contribution in [0.4, 0.5) is 5.69 Å². The maximum Gasteiger partial charge on any atom is 0.243 e. The fourth-order valence-corrected chi connectivity index (χ4v) is 2.47. The van der Waals surface area contributed by atoms with Crippen LogP contribution in [0.25, 0.3) is 0 Å². The Kier molecular flexibility index (Phi) is 5.77. The normalized spacial score (nSPS) is 12.5. The monoisotopic (exact) mass is 331 g/mol. The Morgan fingerprint density at radius 2 is 1.95 bits per heavy atom. The SMILES string of the molecule is C[n+]1ccn(C[C@@H](O)c2ccc(NS(C)(=O)=O)cc2)c1.[Cl-]. The van der Waals surface area contributed by atoms with Crippen molar-refractivity contribution in [3.05, 3.63) is 48.5 Å². The van der Waals surface area contributed by atoms with Gasteiger partial charge in [-0.05, 0) is 17.7 Å². The summed E-state index contributed by atoms with van der Waals surface area (Å²) in [5.74, 6) is 0. The van der Waals surface area contributed by atoms with E-state index in [1.165, 1.54) is 0 Å². The van der Waals surface area contributed by atoms with Crippen LogP contribution >= 0.6 is 0 Å². The largest absolute Gasteiger partial charge is 1.00 e. The fourth-order valence-electron chi connectivity index (χ4n) is 1.90. The van der Waals surface area contributed by atoms with E-state index in [1.807, 2.05) is 34.9 Å². The Morgan fingerprint density at radius 3 is 2.43 bits per heavy atom. The van der Waals surface area contributed by atoms with E-state index in [0.717, 1.165) is 11.8 Å². The molecule has 0 saturated carbocycles. The molecule has 1 aromatic carbocycles. The molecule has 1 atom stereocenters. The van der Waals surface area contributed by atoms with E-state index in [9.17, 15) is 13.5 Å². The molecule has 0 spiro atoms. The summed E-state index contributed by atoms with van der Waals surface area (Å²) in [6, 6.07) is 6.69. The van der Waals surface area contributed by atoms with Crippen molar-refractivity contribution in [3.63, 3.8) is 0 Å². The molecule has 1 heterocycles. The summed E-state index contributed by atoms with van der Waals surface area (Å²) in [6.45, 7) is 0.444. The van der Waals surface area contributed by atoms with Gasteiger partial charge in [0.25, 0.3) is 0 Å². The number of nitrogens with one attached hydrogen (secondary N) is 1. The van der Waals surface area contributed by atoms with Crippen LogP contribution in [-0.2, 0) is 23.6 Å². The van der Waals surface area contributed by atoms with Gasteiger partial charge in [-0.25, -0.2) is 17.6 Å². The second-order valence-electron chi connectivity index (χ2n) is 4.79. The third kappa shape index (κ3) is 5.37. The number of nitrogens with zero attached hydrogens (tertiary/aromatic N) is 2. The molecule has 0 saturated heterocycles. The second kappa shape index (κ2) is 6.93. The number of hydrogen-bond donors (Lipinski definition) is 2. The van der Waals surface area contributed by atoms with Gasteiger partial charge in [-0.3, -0.25) is 4.72 Å². The molecular weight excluding hydrogens is 314 g/mol. The Labute approximate surface area is 130 Å². The van der Waals surface area contributed by atoms with Gasteiger partial charge < -0.3 is 17.5 Å². The molecule has 2 N–H and O–H groups in total. The summed E-state index contributed by atoms with van der Waals surface area (Å²) in [5, 5.41) is 10.1. The zero-order valence-corrected chi connectivity index (χ0v) is 13.3. The maximum absolute atomic E-state index is 11.1. The number of benzene rings is 1. The quantitative estimate of drug-likeness (QED) is 0.591. The highest BCUT2D eigenvalue weighted by Gasteiger charge is 2.12. The van der Waals surface area contributed by atoms with Crippen LogP contribution in [0.2, 0.25) is 0 Å². The number of anilines is 1. The number of aromatic nitrogens is 2. The zero-order chi connectivity index (χ0) is 14.8. The Bertz CT molecular complexity index is 683. The summed E-state index contributed by atoms with van der Waals surface area (Å²) in [7, 11) is -1.36.